The van der Waals surface area contributed by atoms with Crippen molar-refractivity contribution in [3.8, 4) is 5.75 Å². The maximum absolute atomic E-state index is 11.5. The summed E-state index contributed by atoms with van der Waals surface area (Å²) in [6.07, 6.45) is 0.682. The zero-order chi connectivity index (χ0) is 14.4. The predicted octanol–water partition coefficient (Wildman–Crippen LogP) is 1.03. The van der Waals surface area contributed by atoms with E-state index in [4.69, 9.17) is 5.11 Å². The Kier molecular flexibility index (Phi) is 5.25. The lowest BCUT2D eigenvalue weighted by Gasteiger charge is -2.21. The van der Waals surface area contributed by atoms with E-state index in [1.54, 1.807) is 0 Å². The molecule has 0 unspecified atom stereocenters. The van der Waals surface area contributed by atoms with Crippen LogP contribution in [0.1, 0.15) is 18.9 Å². The third kappa shape index (κ3) is 3.65. The van der Waals surface area contributed by atoms with Crippen molar-refractivity contribution in [3.05, 3.63) is 33.9 Å². The minimum absolute atomic E-state index is 0.0285. The summed E-state index contributed by atoms with van der Waals surface area (Å²) in [6.45, 7) is 1.67. The molecule has 1 rings (SSSR count). The topological polar surface area (TPSA) is 104 Å². The van der Waals surface area contributed by atoms with E-state index in [-0.39, 0.29) is 12.1 Å². The summed E-state index contributed by atoms with van der Waals surface area (Å²) in [7, 11) is 0. The molecule has 0 aromatic heterocycles. The molecule has 0 heterocycles. The Labute approximate surface area is 110 Å². The van der Waals surface area contributed by atoms with Crippen molar-refractivity contribution in [2.24, 2.45) is 0 Å². The quantitative estimate of drug-likeness (QED) is 0.592. The van der Waals surface area contributed by atoms with Gasteiger partial charge in [0.05, 0.1) is 4.92 Å². The standard InChI is InChI=1S/C12H16N2O5/c1-2-6-13(11(16)8-15)7-9-4-3-5-10(12(9)17)14(18)19/h3-5,15,17H,2,6-8H2,1H3. The van der Waals surface area contributed by atoms with Gasteiger partial charge in [0.1, 0.15) is 6.61 Å². The van der Waals surface area contributed by atoms with Crippen LogP contribution in [0.15, 0.2) is 18.2 Å². The first-order chi connectivity index (χ1) is 9.01. The molecule has 0 aliphatic carbocycles. The summed E-state index contributed by atoms with van der Waals surface area (Å²) in [5.41, 5.74) is -0.116. The minimum atomic E-state index is -0.684. The maximum atomic E-state index is 11.5. The number of hydrogen-bond acceptors (Lipinski definition) is 5. The second kappa shape index (κ2) is 6.69. The third-order valence-corrected chi connectivity index (χ3v) is 2.64. The number of aliphatic hydroxyl groups is 1. The molecular formula is C12H16N2O5. The second-order valence-corrected chi connectivity index (χ2v) is 4.02. The van der Waals surface area contributed by atoms with Crippen molar-refractivity contribution >= 4 is 11.6 Å². The van der Waals surface area contributed by atoms with Gasteiger partial charge in [-0.05, 0) is 6.42 Å². The van der Waals surface area contributed by atoms with Gasteiger partial charge in [0, 0.05) is 24.7 Å². The highest BCUT2D eigenvalue weighted by molar-refractivity contribution is 5.77. The van der Waals surface area contributed by atoms with Crippen molar-refractivity contribution in [1.29, 1.82) is 0 Å². The molecule has 0 saturated heterocycles. The van der Waals surface area contributed by atoms with Crippen LogP contribution in [0.4, 0.5) is 5.69 Å². The van der Waals surface area contributed by atoms with Gasteiger partial charge in [-0.25, -0.2) is 0 Å². The lowest BCUT2D eigenvalue weighted by atomic mass is 10.1. The number of carbonyl (C=O) groups is 1. The van der Waals surface area contributed by atoms with E-state index >= 15 is 0 Å². The second-order valence-electron chi connectivity index (χ2n) is 4.02. The van der Waals surface area contributed by atoms with Gasteiger partial charge in [-0.1, -0.05) is 19.1 Å². The van der Waals surface area contributed by atoms with E-state index in [1.165, 1.54) is 23.1 Å². The van der Waals surface area contributed by atoms with Gasteiger partial charge in [0.15, 0.2) is 5.75 Å². The van der Waals surface area contributed by atoms with Crippen LogP contribution in [-0.4, -0.2) is 39.1 Å². The molecule has 0 spiro atoms. The minimum Gasteiger partial charge on any atom is -0.502 e. The van der Waals surface area contributed by atoms with Gasteiger partial charge in [0.25, 0.3) is 0 Å². The van der Waals surface area contributed by atoms with E-state index in [9.17, 15) is 20.0 Å². The molecule has 7 nitrogen and oxygen atoms in total. The molecule has 104 valence electrons. The number of benzene rings is 1. The molecule has 0 bridgehead atoms. The van der Waals surface area contributed by atoms with Gasteiger partial charge in [-0.15, -0.1) is 0 Å². The maximum Gasteiger partial charge on any atom is 0.311 e. The van der Waals surface area contributed by atoms with Crippen molar-refractivity contribution in [2.75, 3.05) is 13.2 Å². The summed E-state index contributed by atoms with van der Waals surface area (Å²) in [5.74, 6) is -0.924. The first-order valence-electron chi connectivity index (χ1n) is 5.85. The van der Waals surface area contributed by atoms with Gasteiger partial charge >= 0.3 is 5.69 Å². The van der Waals surface area contributed by atoms with Crippen LogP contribution in [0, 0.1) is 10.1 Å². The van der Waals surface area contributed by atoms with Gasteiger partial charge in [-0.3, -0.25) is 14.9 Å². The van der Waals surface area contributed by atoms with Crippen molar-refractivity contribution in [3.63, 3.8) is 0 Å². The molecule has 7 heteroatoms. The Bertz CT molecular complexity index is 475. The van der Waals surface area contributed by atoms with Crippen molar-refractivity contribution in [1.82, 2.24) is 4.90 Å². The number of nitro groups is 1. The van der Waals surface area contributed by atoms with Crippen LogP contribution >= 0.6 is 0 Å². The Morgan fingerprint density at radius 1 is 1.47 bits per heavy atom. The zero-order valence-corrected chi connectivity index (χ0v) is 10.6. The summed E-state index contributed by atoms with van der Waals surface area (Å²) >= 11 is 0. The number of phenolic OH excluding ortho intramolecular Hbond substituents is 1. The van der Waals surface area contributed by atoms with Gasteiger partial charge in [-0.2, -0.15) is 0 Å². The Morgan fingerprint density at radius 2 is 2.16 bits per heavy atom. The monoisotopic (exact) mass is 268 g/mol. The summed E-state index contributed by atoms with van der Waals surface area (Å²) < 4.78 is 0. The van der Waals surface area contributed by atoms with Crippen molar-refractivity contribution in [2.45, 2.75) is 19.9 Å². The van der Waals surface area contributed by atoms with E-state index < -0.39 is 28.9 Å². The third-order valence-electron chi connectivity index (χ3n) is 2.64. The number of aromatic hydroxyl groups is 1. The first kappa shape index (κ1) is 14.9. The number of aliphatic hydroxyl groups excluding tert-OH is 1. The Balaban J connectivity index is 2.99. The molecule has 0 saturated carbocycles. The normalized spacial score (nSPS) is 10.2. The largest absolute Gasteiger partial charge is 0.502 e. The van der Waals surface area contributed by atoms with Crippen LogP contribution in [0.25, 0.3) is 0 Å². The average Bonchev–Trinajstić information content (AvgIpc) is 2.39. The molecular weight excluding hydrogens is 252 g/mol. The highest BCUT2D eigenvalue weighted by atomic mass is 16.6. The lowest BCUT2D eigenvalue weighted by Crippen LogP contribution is -2.33. The van der Waals surface area contributed by atoms with Crippen LogP contribution in [0.3, 0.4) is 0 Å². The summed E-state index contributed by atoms with van der Waals surface area (Å²) in [5, 5.41) is 29.3. The highest BCUT2D eigenvalue weighted by Gasteiger charge is 2.19. The number of phenols is 1. The van der Waals surface area contributed by atoms with Crippen LogP contribution in [-0.2, 0) is 11.3 Å². The number of para-hydroxylation sites is 1. The highest BCUT2D eigenvalue weighted by Crippen LogP contribution is 2.30. The molecule has 2 N–H and O–H groups in total. The Morgan fingerprint density at radius 3 is 2.68 bits per heavy atom. The fourth-order valence-corrected chi connectivity index (χ4v) is 1.72. The SMILES string of the molecule is CCCN(Cc1cccc([N+](=O)[O-])c1O)C(=O)CO. The Hall–Kier alpha value is -2.15. The number of hydrogen-bond donors (Lipinski definition) is 2. The fraction of sp³-hybridized carbons (Fsp3) is 0.417. The molecule has 19 heavy (non-hydrogen) atoms. The molecule has 1 aromatic rings. The van der Waals surface area contributed by atoms with Crippen molar-refractivity contribution < 1.29 is 19.9 Å². The summed E-state index contributed by atoms with van der Waals surface area (Å²) in [4.78, 5) is 22.9. The van der Waals surface area contributed by atoms with Crippen LogP contribution in [0.2, 0.25) is 0 Å². The van der Waals surface area contributed by atoms with Gasteiger partial charge in [0.2, 0.25) is 5.91 Å². The smallest absolute Gasteiger partial charge is 0.311 e. The van der Waals surface area contributed by atoms with E-state index in [2.05, 4.69) is 0 Å². The molecule has 0 aliphatic rings. The fourth-order valence-electron chi connectivity index (χ4n) is 1.72. The molecule has 0 atom stereocenters. The van der Waals surface area contributed by atoms with E-state index in [0.717, 1.165) is 0 Å². The van der Waals surface area contributed by atoms with Crippen LogP contribution < -0.4 is 0 Å². The first-order valence-corrected chi connectivity index (χ1v) is 5.85. The van der Waals surface area contributed by atoms with E-state index in [1.807, 2.05) is 6.92 Å². The lowest BCUT2D eigenvalue weighted by molar-refractivity contribution is -0.385. The molecule has 0 radical (unpaired) electrons. The number of nitro benzene ring substituents is 1. The summed E-state index contributed by atoms with van der Waals surface area (Å²) in [6, 6.07) is 4.15. The van der Waals surface area contributed by atoms with E-state index in [0.29, 0.717) is 13.0 Å². The molecule has 1 aromatic carbocycles. The predicted molar refractivity (Wildman–Crippen MR) is 67.6 cm³/mol. The number of nitrogens with zero attached hydrogens (tertiary/aromatic N) is 2. The zero-order valence-electron chi connectivity index (χ0n) is 10.6. The molecule has 0 fully saturated rings. The molecule has 1 amide bonds. The number of amides is 1. The van der Waals surface area contributed by atoms with Crippen LogP contribution in [0.5, 0.6) is 5.75 Å². The average molecular weight is 268 g/mol. The number of rotatable bonds is 6. The molecule has 0 aliphatic heterocycles. The number of carbonyl (C=O) groups excluding carboxylic acids is 1. The van der Waals surface area contributed by atoms with Gasteiger partial charge < -0.3 is 15.1 Å².